The van der Waals surface area contributed by atoms with Crippen molar-refractivity contribution in [2.75, 3.05) is 13.7 Å². The standard InChI is InChI=1S/C25H23Br2FN2O4/c1-3-9-33-22-8-7-18(13-23(22)32-2)25(31)30-29-14-17-11-20(26)24(21(27)12-17)34-15-16-5-4-6-19(28)10-16/h4-8,10-14H,3,9,15H2,1-2H3,(H,30,31)/b29-14+. The molecule has 3 aromatic carbocycles. The van der Waals surface area contributed by atoms with E-state index in [0.29, 0.717) is 43.9 Å². The number of carbonyl (C=O) groups excluding carboxylic acids is 1. The van der Waals surface area contributed by atoms with Crippen LogP contribution in [0.5, 0.6) is 17.2 Å². The van der Waals surface area contributed by atoms with Gasteiger partial charge >= 0.3 is 0 Å². The molecule has 0 saturated heterocycles. The predicted molar refractivity (Wildman–Crippen MR) is 136 cm³/mol. The molecule has 6 nitrogen and oxygen atoms in total. The summed E-state index contributed by atoms with van der Waals surface area (Å²) >= 11 is 6.96. The number of amides is 1. The molecule has 3 aromatic rings. The maximum Gasteiger partial charge on any atom is 0.271 e. The molecule has 0 aromatic heterocycles. The summed E-state index contributed by atoms with van der Waals surface area (Å²) in [6, 6.07) is 14.8. The van der Waals surface area contributed by atoms with E-state index >= 15 is 0 Å². The zero-order valence-electron chi connectivity index (χ0n) is 18.6. The molecule has 0 unspecified atom stereocenters. The van der Waals surface area contributed by atoms with E-state index in [2.05, 4.69) is 42.4 Å². The van der Waals surface area contributed by atoms with Gasteiger partial charge in [0.25, 0.3) is 5.91 Å². The van der Waals surface area contributed by atoms with Crippen LogP contribution >= 0.6 is 31.9 Å². The average molecular weight is 594 g/mol. The third-order valence-corrected chi connectivity index (χ3v) is 5.74. The van der Waals surface area contributed by atoms with Crippen LogP contribution in [0.3, 0.4) is 0 Å². The van der Waals surface area contributed by atoms with Crippen LogP contribution in [0, 0.1) is 5.82 Å². The molecule has 1 amide bonds. The van der Waals surface area contributed by atoms with Crippen molar-refractivity contribution in [2.24, 2.45) is 5.10 Å². The number of methoxy groups -OCH3 is 1. The number of halogens is 3. The highest BCUT2D eigenvalue weighted by Gasteiger charge is 2.12. The summed E-state index contributed by atoms with van der Waals surface area (Å²) in [7, 11) is 1.52. The van der Waals surface area contributed by atoms with Crippen LogP contribution in [0.25, 0.3) is 0 Å². The molecule has 0 aliphatic rings. The molecule has 0 saturated carbocycles. The smallest absolute Gasteiger partial charge is 0.271 e. The van der Waals surface area contributed by atoms with Crippen LogP contribution in [0.1, 0.15) is 34.8 Å². The second-order valence-electron chi connectivity index (χ2n) is 7.15. The SMILES string of the molecule is CCCOc1ccc(C(=O)N/N=C/c2cc(Br)c(OCc3cccc(F)c3)c(Br)c2)cc1OC. The zero-order chi connectivity index (χ0) is 24.5. The monoisotopic (exact) mass is 592 g/mol. The van der Waals surface area contributed by atoms with Crippen LogP contribution in [-0.2, 0) is 6.61 Å². The highest BCUT2D eigenvalue weighted by Crippen LogP contribution is 2.35. The lowest BCUT2D eigenvalue weighted by molar-refractivity contribution is 0.0954. The minimum Gasteiger partial charge on any atom is -0.493 e. The Bertz CT molecular complexity index is 1160. The molecule has 0 radical (unpaired) electrons. The summed E-state index contributed by atoms with van der Waals surface area (Å²) in [6.45, 7) is 2.78. The lowest BCUT2D eigenvalue weighted by Crippen LogP contribution is -2.17. The molecule has 178 valence electrons. The number of nitrogens with zero attached hydrogens (tertiary/aromatic N) is 1. The van der Waals surface area contributed by atoms with E-state index in [9.17, 15) is 9.18 Å². The third kappa shape index (κ3) is 7.04. The molecule has 0 aliphatic heterocycles. The normalized spacial score (nSPS) is 10.9. The summed E-state index contributed by atoms with van der Waals surface area (Å²) in [5.74, 6) is 0.935. The number of ether oxygens (including phenoxy) is 3. The van der Waals surface area contributed by atoms with Gasteiger partial charge in [0.1, 0.15) is 18.2 Å². The molecule has 3 rings (SSSR count). The molecule has 34 heavy (non-hydrogen) atoms. The molecule has 1 N–H and O–H groups in total. The highest BCUT2D eigenvalue weighted by atomic mass is 79.9. The van der Waals surface area contributed by atoms with Crippen LogP contribution in [0.4, 0.5) is 4.39 Å². The largest absolute Gasteiger partial charge is 0.493 e. The van der Waals surface area contributed by atoms with Crippen molar-refractivity contribution in [2.45, 2.75) is 20.0 Å². The van der Waals surface area contributed by atoms with Crippen molar-refractivity contribution in [1.82, 2.24) is 5.43 Å². The van der Waals surface area contributed by atoms with Crippen LogP contribution in [0.15, 0.2) is 68.6 Å². The Hall–Kier alpha value is -2.91. The number of carbonyl (C=O) groups is 1. The van der Waals surface area contributed by atoms with Gasteiger partial charge in [-0.15, -0.1) is 0 Å². The Morgan fingerprint density at radius 2 is 1.82 bits per heavy atom. The molecule has 0 heterocycles. The first-order valence-electron chi connectivity index (χ1n) is 10.4. The van der Waals surface area contributed by atoms with Crippen molar-refractivity contribution in [3.05, 3.63) is 86.1 Å². The number of rotatable bonds is 10. The first-order chi connectivity index (χ1) is 16.4. The maximum atomic E-state index is 13.4. The van der Waals surface area contributed by atoms with E-state index in [0.717, 1.165) is 12.0 Å². The van der Waals surface area contributed by atoms with Crippen molar-refractivity contribution in [3.63, 3.8) is 0 Å². The highest BCUT2D eigenvalue weighted by molar-refractivity contribution is 9.11. The lowest BCUT2D eigenvalue weighted by Gasteiger charge is -2.12. The summed E-state index contributed by atoms with van der Waals surface area (Å²) in [6.07, 6.45) is 2.38. The Labute approximate surface area is 214 Å². The van der Waals surface area contributed by atoms with Crippen LogP contribution < -0.4 is 19.6 Å². The average Bonchev–Trinajstić information content (AvgIpc) is 2.82. The van der Waals surface area contributed by atoms with Gasteiger partial charge in [-0.05, 0) is 91.9 Å². The minimum absolute atomic E-state index is 0.212. The van der Waals surface area contributed by atoms with E-state index in [1.807, 2.05) is 6.92 Å². The number of hydrogen-bond donors (Lipinski definition) is 1. The quantitative estimate of drug-likeness (QED) is 0.215. The summed E-state index contributed by atoms with van der Waals surface area (Å²) in [4.78, 5) is 12.5. The van der Waals surface area contributed by atoms with Crippen molar-refractivity contribution in [1.29, 1.82) is 0 Å². The van der Waals surface area contributed by atoms with Gasteiger partial charge in [0, 0.05) is 5.56 Å². The van der Waals surface area contributed by atoms with Gasteiger partial charge < -0.3 is 14.2 Å². The summed E-state index contributed by atoms with van der Waals surface area (Å²) in [5, 5.41) is 4.04. The Balaban J connectivity index is 1.63. The molecule has 0 spiro atoms. The lowest BCUT2D eigenvalue weighted by atomic mass is 10.2. The number of hydrazone groups is 1. The fourth-order valence-electron chi connectivity index (χ4n) is 2.94. The number of benzene rings is 3. The Kier molecular flexibility index (Phi) is 9.47. The van der Waals surface area contributed by atoms with Crippen LogP contribution in [0.2, 0.25) is 0 Å². The Morgan fingerprint density at radius 3 is 2.50 bits per heavy atom. The summed E-state index contributed by atoms with van der Waals surface area (Å²) in [5.41, 5.74) is 4.33. The molecule has 0 aliphatic carbocycles. The minimum atomic E-state index is -0.384. The number of nitrogens with one attached hydrogen (secondary N) is 1. The maximum absolute atomic E-state index is 13.4. The molecule has 9 heteroatoms. The van der Waals surface area contributed by atoms with E-state index in [-0.39, 0.29) is 18.3 Å². The topological polar surface area (TPSA) is 69.2 Å². The van der Waals surface area contributed by atoms with Gasteiger partial charge in [0.15, 0.2) is 11.5 Å². The molecular weight excluding hydrogens is 571 g/mol. The van der Waals surface area contributed by atoms with Gasteiger partial charge in [-0.2, -0.15) is 5.10 Å². The summed E-state index contributed by atoms with van der Waals surface area (Å²) < 4.78 is 31.5. The fourth-order valence-corrected chi connectivity index (χ4v) is 4.40. The van der Waals surface area contributed by atoms with Gasteiger partial charge in [-0.3, -0.25) is 4.79 Å². The van der Waals surface area contributed by atoms with E-state index in [1.165, 1.54) is 25.5 Å². The second-order valence-corrected chi connectivity index (χ2v) is 8.85. The van der Waals surface area contributed by atoms with Gasteiger partial charge in [-0.25, -0.2) is 9.82 Å². The van der Waals surface area contributed by atoms with Gasteiger partial charge in [0.2, 0.25) is 0 Å². The first-order valence-corrected chi connectivity index (χ1v) is 12.0. The van der Waals surface area contributed by atoms with Crippen molar-refractivity contribution in [3.8, 4) is 17.2 Å². The van der Waals surface area contributed by atoms with E-state index in [1.54, 1.807) is 42.5 Å². The van der Waals surface area contributed by atoms with E-state index in [4.69, 9.17) is 14.2 Å². The number of hydrogen-bond acceptors (Lipinski definition) is 5. The predicted octanol–water partition coefficient (Wildman–Crippen LogP) is 6.49. The Morgan fingerprint density at radius 1 is 1.06 bits per heavy atom. The van der Waals surface area contributed by atoms with Crippen molar-refractivity contribution >= 4 is 44.0 Å². The van der Waals surface area contributed by atoms with Crippen LogP contribution in [-0.4, -0.2) is 25.8 Å². The second kappa shape index (κ2) is 12.5. The zero-order valence-corrected chi connectivity index (χ0v) is 21.8. The molecule has 0 atom stereocenters. The first kappa shape index (κ1) is 25.7. The molecule has 0 fully saturated rings. The molecular formula is C25H23Br2FN2O4. The fraction of sp³-hybridized carbons (Fsp3) is 0.200. The van der Waals surface area contributed by atoms with Gasteiger partial charge in [0.05, 0.1) is 28.9 Å². The van der Waals surface area contributed by atoms with Crippen molar-refractivity contribution < 1.29 is 23.4 Å². The molecule has 0 bridgehead atoms. The van der Waals surface area contributed by atoms with E-state index < -0.39 is 0 Å². The third-order valence-electron chi connectivity index (χ3n) is 4.56. The van der Waals surface area contributed by atoms with Gasteiger partial charge in [-0.1, -0.05) is 19.1 Å².